The molecule has 1 saturated heterocycles. The molecular formula is C42H38O9. The van der Waals surface area contributed by atoms with Crippen molar-refractivity contribution in [3.63, 3.8) is 0 Å². The molecule has 5 aromatic carbocycles. The molecule has 0 unspecified atom stereocenters. The Kier molecular flexibility index (Phi) is 9.30. The second-order valence-electron chi connectivity index (χ2n) is 13.0. The largest absolute Gasteiger partial charge is 0.508 e. The number of rotatable bonds is 9. The average Bonchev–Trinajstić information content (AvgIpc) is 3.14. The summed E-state index contributed by atoms with van der Waals surface area (Å²) in [5.74, 6) is -0.344. The maximum Gasteiger partial charge on any atom is 0.193 e. The van der Waals surface area contributed by atoms with Crippen LogP contribution < -0.4 is 9.47 Å². The predicted octanol–water partition coefficient (Wildman–Crippen LogP) is 8.12. The van der Waals surface area contributed by atoms with E-state index in [1.54, 1.807) is 66.7 Å². The SMILES string of the molecule is COc1cc(O)c2c(c1C(=O)/C=C/c1ccc(O)cc1)O[C@@H](c1ccc(O)cc1)[C@@H]1[C@@H](c3ccc(O)cc3)O[C@@H](CCc3ccc(O)cc3)C[C@@H]21. The van der Waals surface area contributed by atoms with Gasteiger partial charge in [-0.3, -0.25) is 4.79 Å². The fourth-order valence-electron chi connectivity index (χ4n) is 7.34. The number of allylic oxidation sites excluding steroid dienone is 1. The van der Waals surface area contributed by atoms with E-state index in [9.17, 15) is 30.3 Å². The standard InChI is InChI=1S/C42H38O9/c1-49-36-23-35(48)37-33-22-32(20-6-24-2-12-28(43)13-3-24)50-40(26-8-16-30(45)17-9-26)38(33)41(27-10-18-31(46)19-11-27)51-42(37)39(36)34(47)21-7-25-4-14-29(44)15-5-25/h2-5,7-19,21,23,32-33,38,40-41,43-46,48H,6,20,22H2,1H3/b21-7+/t32-,33-,38-,40+,41-/m0/s1. The summed E-state index contributed by atoms with van der Waals surface area (Å²) >= 11 is 0. The highest BCUT2D eigenvalue weighted by atomic mass is 16.5. The molecular weight excluding hydrogens is 648 g/mol. The Morgan fingerprint density at radius 3 is 1.90 bits per heavy atom. The summed E-state index contributed by atoms with van der Waals surface area (Å²) in [6.45, 7) is 0. The number of ether oxygens (including phenoxy) is 3. The third kappa shape index (κ3) is 6.93. The fraction of sp³-hybridized carbons (Fsp3) is 0.214. The minimum atomic E-state index is -0.681. The number of hydrogen-bond acceptors (Lipinski definition) is 9. The topological polar surface area (TPSA) is 146 Å². The van der Waals surface area contributed by atoms with Gasteiger partial charge in [-0.2, -0.15) is 0 Å². The Balaban J connectivity index is 1.36. The first-order valence-electron chi connectivity index (χ1n) is 16.8. The Morgan fingerprint density at radius 1 is 0.765 bits per heavy atom. The Labute approximate surface area is 295 Å². The maximum atomic E-state index is 14.1. The highest BCUT2D eigenvalue weighted by Gasteiger charge is 2.51. The van der Waals surface area contributed by atoms with Gasteiger partial charge in [-0.1, -0.05) is 54.6 Å². The van der Waals surface area contributed by atoms with Crippen LogP contribution in [-0.2, 0) is 11.2 Å². The number of aryl methyl sites for hydroxylation is 1. The number of hydrogen-bond donors (Lipinski definition) is 5. The smallest absolute Gasteiger partial charge is 0.193 e. The van der Waals surface area contributed by atoms with Crippen LogP contribution in [0.5, 0.6) is 40.2 Å². The van der Waals surface area contributed by atoms with E-state index in [0.29, 0.717) is 30.4 Å². The van der Waals surface area contributed by atoms with Crippen LogP contribution in [0.2, 0.25) is 0 Å². The molecule has 1 fully saturated rings. The zero-order valence-electron chi connectivity index (χ0n) is 27.8. The van der Waals surface area contributed by atoms with Crippen molar-refractivity contribution in [3.8, 4) is 40.2 Å². The second kappa shape index (κ2) is 14.1. The molecule has 5 N–H and O–H groups in total. The third-order valence-electron chi connectivity index (χ3n) is 9.82. The van der Waals surface area contributed by atoms with Crippen molar-refractivity contribution < 1.29 is 44.5 Å². The van der Waals surface area contributed by atoms with E-state index in [1.165, 1.54) is 31.4 Å². The Morgan fingerprint density at radius 2 is 1.31 bits per heavy atom. The van der Waals surface area contributed by atoms with Crippen LogP contribution in [0.1, 0.15) is 69.1 Å². The Hall–Kier alpha value is -5.93. The Bertz CT molecular complexity index is 2040. The first-order valence-corrected chi connectivity index (χ1v) is 16.8. The molecule has 2 aliphatic rings. The van der Waals surface area contributed by atoms with Crippen LogP contribution in [0.4, 0.5) is 0 Å². The third-order valence-corrected chi connectivity index (χ3v) is 9.82. The number of carbonyl (C=O) groups excluding carboxylic acids is 1. The summed E-state index contributed by atoms with van der Waals surface area (Å²) in [6.07, 6.45) is 3.36. The number of methoxy groups -OCH3 is 1. The van der Waals surface area contributed by atoms with Gasteiger partial charge in [0, 0.05) is 23.5 Å². The summed E-state index contributed by atoms with van der Waals surface area (Å²) in [5, 5.41) is 51.5. The maximum absolute atomic E-state index is 14.1. The van der Waals surface area contributed by atoms with E-state index in [0.717, 1.165) is 16.7 Å². The minimum absolute atomic E-state index is 0.0660. The lowest BCUT2D eigenvalue weighted by atomic mass is 9.68. The van der Waals surface area contributed by atoms with Gasteiger partial charge in [0.25, 0.3) is 0 Å². The van der Waals surface area contributed by atoms with E-state index in [1.807, 2.05) is 24.3 Å². The number of benzene rings is 5. The zero-order chi connectivity index (χ0) is 35.6. The normalized spacial score (nSPS) is 21.0. The van der Waals surface area contributed by atoms with Gasteiger partial charge in [-0.15, -0.1) is 0 Å². The molecule has 5 aromatic rings. The summed E-state index contributed by atoms with van der Waals surface area (Å²) in [6, 6.07) is 28.6. The van der Waals surface area contributed by atoms with E-state index in [2.05, 4.69) is 0 Å². The number of aromatic hydroxyl groups is 5. The molecule has 5 atom stereocenters. The average molecular weight is 687 g/mol. The number of carbonyl (C=O) groups is 1. The highest BCUT2D eigenvalue weighted by molar-refractivity contribution is 6.11. The molecule has 0 aliphatic carbocycles. The van der Waals surface area contributed by atoms with Gasteiger partial charge in [0.05, 0.1) is 19.3 Å². The summed E-state index contributed by atoms with van der Waals surface area (Å²) in [7, 11) is 1.43. The van der Waals surface area contributed by atoms with Crippen molar-refractivity contribution in [1.29, 1.82) is 0 Å². The van der Waals surface area contributed by atoms with Crippen LogP contribution in [0.25, 0.3) is 6.08 Å². The number of phenols is 5. The van der Waals surface area contributed by atoms with Gasteiger partial charge in [0.15, 0.2) is 5.78 Å². The predicted molar refractivity (Wildman–Crippen MR) is 191 cm³/mol. The van der Waals surface area contributed by atoms with Crippen molar-refractivity contribution in [2.75, 3.05) is 7.11 Å². The lowest BCUT2D eigenvalue weighted by Gasteiger charge is -2.49. The first kappa shape index (κ1) is 33.6. The summed E-state index contributed by atoms with van der Waals surface area (Å²) in [4.78, 5) is 14.1. The van der Waals surface area contributed by atoms with Crippen LogP contribution >= 0.6 is 0 Å². The van der Waals surface area contributed by atoms with Crippen molar-refractivity contribution >= 4 is 11.9 Å². The van der Waals surface area contributed by atoms with Crippen molar-refractivity contribution in [2.45, 2.75) is 43.5 Å². The van der Waals surface area contributed by atoms with Gasteiger partial charge in [0.2, 0.25) is 0 Å². The van der Waals surface area contributed by atoms with Gasteiger partial charge >= 0.3 is 0 Å². The second-order valence-corrected chi connectivity index (χ2v) is 13.0. The first-order chi connectivity index (χ1) is 24.7. The van der Waals surface area contributed by atoms with Gasteiger partial charge < -0.3 is 39.7 Å². The minimum Gasteiger partial charge on any atom is -0.508 e. The van der Waals surface area contributed by atoms with E-state index < -0.39 is 23.9 Å². The molecule has 2 aliphatic heterocycles. The molecule has 9 nitrogen and oxygen atoms in total. The molecule has 7 rings (SSSR count). The molecule has 0 spiro atoms. The van der Waals surface area contributed by atoms with E-state index >= 15 is 0 Å². The van der Waals surface area contributed by atoms with Gasteiger partial charge in [-0.25, -0.2) is 0 Å². The fourth-order valence-corrected chi connectivity index (χ4v) is 7.34. The van der Waals surface area contributed by atoms with Crippen molar-refractivity contribution in [1.82, 2.24) is 0 Å². The van der Waals surface area contributed by atoms with Crippen molar-refractivity contribution in [2.24, 2.45) is 5.92 Å². The molecule has 0 bridgehead atoms. The molecule has 2 heterocycles. The lowest BCUT2D eigenvalue weighted by molar-refractivity contribution is -0.134. The molecule has 260 valence electrons. The van der Waals surface area contributed by atoms with Gasteiger partial charge in [-0.05, 0) is 96.1 Å². The summed E-state index contributed by atoms with van der Waals surface area (Å²) < 4.78 is 19.4. The van der Waals surface area contributed by atoms with E-state index in [4.69, 9.17) is 14.2 Å². The van der Waals surface area contributed by atoms with Crippen molar-refractivity contribution in [3.05, 3.63) is 143 Å². The number of phenolic OH excluding ortho intramolecular Hbond substituents is 5. The quantitative estimate of drug-likeness (QED) is 0.0767. The van der Waals surface area contributed by atoms with Crippen LogP contribution in [0.15, 0.2) is 109 Å². The molecule has 0 radical (unpaired) electrons. The van der Waals surface area contributed by atoms with Crippen LogP contribution in [0.3, 0.4) is 0 Å². The van der Waals surface area contributed by atoms with Crippen LogP contribution in [0, 0.1) is 5.92 Å². The molecule has 0 aromatic heterocycles. The van der Waals surface area contributed by atoms with Gasteiger partial charge in [0.1, 0.15) is 51.9 Å². The number of fused-ring (bicyclic) bond motifs is 3. The molecule has 0 amide bonds. The number of ketones is 1. The lowest BCUT2D eigenvalue weighted by Crippen LogP contribution is -2.42. The highest BCUT2D eigenvalue weighted by Crippen LogP contribution is 2.60. The monoisotopic (exact) mass is 686 g/mol. The zero-order valence-corrected chi connectivity index (χ0v) is 27.8. The van der Waals surface area contributed by atoms with E-state index in [-0.39, 0.29) is 57.8 Å². The van der Waals surface area contributed by atoms with Crippen LogP contribution in [-0.4, -0.2) is 44.5 Å². The molecule has 0 saturated carbocycles. The molecule has 51 heavy (non-hydrogen) atoms. The molecule has 9 heteroatoms. The summed E-state index contributed by atoms with van der Waals surface area (Å²) in [5.41, 5.74) is 3.94.